The molecule has 0 fully saturated rings. The minimum absolute atomic E-state index is 0.0564. The van der Waals surface area contributed by atoms with Gasteiger partial charge in [-0.25, -0.2) is 4.39 Å². The molecule has 1 nitrogen and oxygen atoms in total. The fourth-order valence-corrected chi connectivity index (χ4v) is 2.93. The molecular weight excluding hydrogens is 332 g/mol. The topological polar surface area (TPSA) is 12.0 Å². The Bertz CT molecular complexity index is 631. The lowest BCUT2D eigenvalue weighted by atomic mass is 9.98. The lowest BCUT2D eigenvalue weighted by Crippen LogP contribution is -2.23. The van der Waals surface area contributed by atoms with Crippen molar-refractivity contribution in [3.63, 3.8) is 0 Å². The molecule has 0 saturated carbocycles. The molecule has 0 radical (unpaired) electrons. The first-order chi connectivity index (χ1) is 10.0. The highest BCUT2D eigenvalue weighted by Gasteiger charge is 2.16. The lowest BCUT2D eigenvalue weighted by Gasteiger charge is -2.20. The Hall–Kier alpha value is -0.800. The third kappa shape index (κ3) is 4.33. The van der Waals surface area contributed by atoms with Crippen molar-refractivity contribution in [2.75, 3.05) is 6.54 Å². The average Bonchev–Trinajstić information content (AvgIpc) is 2.42. The molecule has 1 unspecified atom stereocenters. The van der Waals surface area contributed by atoms with Gasteiger partial charge in [0.1, 0.15) is 5.82 Å². The zero-order chi connectivity index (χ0) is 15.4. The first-order valence-electron chi connectivity index (χ1n) is 6.63. The van der Waals surface area contributed by atoms with E-state index < -0.39 is 0 Å². The average molecular weight is 347 g/mol. The van der Waals surface area contributed by atoms with Crippen molar-refractivity contribution in [2.24, 2.45) is 0 Å². The Balaban J connectivity index is 2.32. The Labute approximate surface area is 139 Å². The van der Waals surface area contributed by atoms with Gasteiger partial charge in [-0.1, -0.05) is 47.8 Å². The van der Waals surface area contributed by atoms with E-state index in [9.17, 15) is 4.39 Å². The minimum atomic E-state index is -0.347. The molecule has 0 aromatic heterocycles. The van der Waals surface area contributed by atoms with Crippen molar-refractivity contribution >= 4 is 34.8 Å². The molecule has 0 aliphatic heterocycles. The summed E-state index contributed by atoms with van der Waals surface area (Å²) in [5, 5.41) is 5.04. The summed E-state index contributed by atoms with van der Waals surface area (Å²) in [4.78, 5) is 0. The fourth-order valence-electron chi connectivity index (χ4n) is 2.24. The smallest absolute Gasteiger partial charge is 0.124 e. The number of likely N-dealkylation sites (N-methyl/N-ethyl adjacent to an activating group) is 1. The van der Waals surface area contributed by atoms with Crippen molar-refractivity contribution in [1.82, 2.24) is 5.32 Å². The summed E-state index contributed by atoms with van der Waals surface area (Å²) < 4.78 is 13.2. The van der Waals surface area contributed by atoms with Crippen LogP contribution in [0.3, 0.4) is 0 Å². The predicted molar refractivity (Wildman–Crippen MR) is 88.0 cm³/mol. The van der Waals surface area contributed by atoms with Crippen LogP contribution in [-0.4, -0.2) is 6.54 Å². The van der Waals surface area contributed by atoms with Crippen molar-refractivity contribution in [3.8, 4) is 0 Å². The van der Waals surface area contributed by atoms with Gasteiger partial charge in [0.15, 0.2) is 0 Å². The zero-order valence-electron chi connectivity index (χ0n) is 11.5. The van der Waals surface area contributed by atoms with Gasteiger partial charge in [-0.3, -0.25) is 0 Å². The summed E-state index contributed by atoms with van der Waals surface area (Å²) in [5.74, 6) is -0.347. The minimum Gasteiger partial charge on any atom is -0.310 e. The van der Waals surface area contributed by atoms with Gasteiger partial charge in [0.25, 0.3) is 0 Å². The van der Waals surface area contributed by atoms with E-state index in [0.717, 1.165) is 17.7 Å². The molecule has 2 aromatic rings. The lowest BCUT2D eigenvalue weighted by molar-refractivity contribution is 0.547. The molecule has 112 valence electrons. The Morgan fingerprint density at radius 1 is 1.05 bits per heavy atom. The second-order valence-electron chi connectivity index (χ2n) is 4.72. The van der Waals surface area contributed by atoms with Crippen LogP contribution in [0.4, 0.5) is 4.39 Å². The van der Waals surface area contributed by atoms with Gasteiger partial charge >= 0.3 is 0 Å². The van der Waals surface area contributed by atoms with E-state index in [-0.39, 0.29) is 11.9 Å². The third-order valence-electron chi connectivity index (χ3n) is 3.22. The van der Waals surface area contributed by atoms with Gasteiger partial charge in [0, 0.05) is 21.1 Å². The molecule has 0 amide bonds. The van der Waals surface area contributed by atoms with E-state index in [2.05, 4.69) is 5.32 Å². The van der Waals surface area contributed by atoms with Gasteiger partial charge in [-0.2, -0.15) is 0 Å². The quantitative estimate of drug-likeness (QED) is 0.734. The highest BCUT2D eigenvalue weighted by Crippen LogP contribution is 2.30. The number of rotatable bonds is 5. The van der Waals surface area contributed by atoms with Crippen LogP contribution in [-0.2, 0) is 6.42 Å². The van der Waals surface area contributed by atoms with E-state index in [1.54, 1.807) is 18.2 Å². The molecule has 0 saturated heterocycles. The van der Waals surface area contributed by atoms with E-state index in [0.29, 0.717) is 21.5 Å². The first kappa shape index (κ1) is 16.6. The summed E-state index contributed by atoms with van der Waals surface area (Å²) >= 11 is 18.4. The highest BCUT2D eigenvalue weighted by atomic mass is 35.5. The van der Waals surface area contributed by atoms with Crippen LogP contribution in [0.15, 0.2) is 36.4 Å². The second-order valence-corrected chi connectivity index (χ2v) is 5.97. The molecule has 5 heteroatoms. The molecule has 21 heavy (non-hydrogen) atoms. The number of halogens is 4. The Morgan fingerprint density at radius 2 is 1.81 bits per heavy atom. The molecule has 0 aliphatic carbocycles. The van der Waals surface area contributed by atoms with E-state index in [4.69, 9.17) is 34.8 Å². The number of hydrogen-bond acceptors (Lipinski definition) is 1. The highest BCUT2D eigenvalue weighted by molar-refractivity contribution is 6.33. The molecule has 0 spiro atoms. The Morgan fingerprint density at radius 3 is 2.48 bits per heavy atom. The van der Waals surface area contributed by atoms with Crippen LogP contribution in [0.1, 0.15) is 24.1 Å². The van der Waals surface area contributed by atoms with Crippen LogP contribution in [0.5, 0.6) is 0 Å². The normalized spacial score (nSPS) is 12.4. The van der Waals surface area contributed by atoms with Crippen LogP contribution in [0, 0.1) is 5.82 Å². The standard InChI is InChI=1S/C16H15Cl3FN/c1-2-21-16(13-5-4-12(20)9-15(13)19)8-10-7-11(17)3-6-14(10)18/h3-7,9,16,21H,2,8H2,1H3. The van der Waals surface area contributed by atoms with Gasteiger partial charge in [0.05, 0.1) is 0 Å². The molecule has 1 atom stereocenters. The summed E-state index contributed by atoms with van der Waals surface area (Å²) in [6.45, 7) is 2.76. The van der Waals surface area contributed by atoms with Crippen LogP contribution in [0.25, 0.3) is 0 Å². The Kier molecular flexibility index (Phi) is 5.88. The molecule has 0 aliphatic rings. The van der Waals surface area contributed by atoms with Crippen molar-refractivity contribution in [3.05, 3.63) is 68.4 Å². The van der Waals surface area contributed by atoms with Crippen LogP contribution >= 0.6 is 34.8 Å². The monoisotopic (exact) mass is 345 g/mol. The summed E-state index contributed by atoms with van der Waals surface area (Å²) in [7, 11) is 0. The summed E-state index contributed by atoms with van der Waals surface area (Å²) in [5.41, 5.74) is 1.77. The first-order valence-corrected chi connectivity index (χ1v) is 7.77. The number of hydrogen-bond donors (Lipinski definition) is 1. The molecule has 2 aromatic carbocycles. The van der Waals surface area contributed by atoms with E-state index >= 15 is 0 Å². The van der Waals surface area contributed by atoms with E-state index in [1.165, 1.54) is 12.1 Å². The molecule has 2 rings (SSSR count). The molecule has 0 bridgehead atoms. The maximum Gasteiger partial charge on any atom is 0.124 e. The van der Waals surface area contributed by atoms with Crippen LogP contribution < -0.4 is 5.32 Å². The van der Waals surface area contributed by atoms with Gasteiger partial charge < -0.3 is 5.32 Å². The van der Waals surface area contributed by atoms with Crippen molar-refractivity contribution in [1.29, 1.82) is 0 Å². The summed E-state index contributed by atoms with van der Waals surface area (Å²) in [6.07, 6.45) is 0.624. The van der Waals surface area contributed by atoms with Gasteiger partial charge in [-0.05, 0) is 54.4 Å². The summed E-state index contributed by atoms with van der Waals surface area (Å²) in [6, 6.07) is 9.73. The fraction of sp³-hybridized carbons (Fsp3) is 0.250. The number of nitrogens with one attached hydrogen (secondary N) is 1. The maximum atomic E-state index is 13.2. The SMILES string of the molecule is CCNC(Cc1cc(Cl)ccc1Cl)c1ccc(F)cc1Cl. The van der Waals surface area contributed by atoms with Gasteiger partial charge in [0.2, 0.25) is 0 Å². The molecular formula is C16H15Cl3FN. The van der Waals surface area contributed by atoms with Crippen molar-refractivity contribution < 1.29 is 4.39 Å². The largest absolute Gasteiger partial charge is 0.310 e. The van der Waals surface area contributed by atoms with E-state index in [1.807, 2.05) is 13.0 Å². The zero-order valence-corrected chi connectivity index (χ0v) is 13.7. The van der Waals surface area contributed by atoms with Gasteiger partial charge in [-0.15, -0.1) is 0 Å². The molecule has 1 N–H and O–H groups in total. The van der Waals surface area contributed by atoms with Crippen molar-refractivity contribution in [2.45, 2.75) is 19.4 Å². The van der Waals surface area contributed by atoms with Crippen LogP contribution in [0.2, 0.25) is 15.1 Å². The second kappa shape index (κ2) is 7.46. The third-order valence-corrected chi connectivity index (χ3v) is 4.15. The predicted octanol–water partition coefficient (Wildman–Crippen LogP) is 5.68. The maximum absolute atomic E-state index is 13.2. The number of benzene rings is 2. The molecule has 0 heterocycles.